The predicted octanol–water partition coefficient (Wildman–Crippen LogP) is 1.90. The van der Waals surface area contributed by atoms with Crippen LogP contribution >= 0.6 is 0 Å². The maximum atomic E-state index is 11.8. The number of nitrogens with two attached hydrogens (primary N) is 1. The van der Waals surface area contributed by atoms with Crippen LogP contribution < -0.4 is 5.73 Å². The van der Waals surface area contributed by atoms with E-state index in [1.54, 1.807) is 25.1 Å². The van der Waals surface area contributed by atoms with Gasteiger partial charge in [-0.2, -0.15) is 0 Å². The third-order valence-corrected chi connectivity index (χ3v) is 2.21. The summed E-state index contributed by atoms with van der Waals surface area (Å²) in [6.45, 7) is 7.24. The van der Waals surface area contributed by atoms with Crippen LogP contribution in [-0.4, -0.2) is 16.7 Å². The van der Waals surface area contributed by atoms with Gasteiger partial charge in [0.25, 0.3) is 0 Å². The molecule has 17 heavy (non-hydrogen) atoms. The lowest BCUT2D eigenvalue weighted by Crippen LogP contribution is -2.24. The molecule has 0 saturated carbocycles. The molecule has 0 spiro atoms. The van der Waals surface area contributed by atoms with Crippen molar-refractivity contribution in [3.8, 4) is 0 Å². The van der Waals surface area contributed by atoms with Crippen molar-refractivity contribution in [1.82, 2.24) is 0 Å². The van der Waals surface area contributed by atoms with Crippen LogP contribution in [0.2, 0.25) is 0 Å². The molecule has 1 rings (SSSR count). The summed E-state index contributed by atoms with van der Waals surface area (Å²) in [6.07, 6.45) is -1.03. The Balaban J connectivity index is 2.96. The number of hydrogen-bond acceptors (Lipinski definition) is 4. The standard InChI is InChI=1S/C13H19NO3/c1-8-7-9(11(14)15)5-6-10(8)12(16)17-13(2,3)4/h5-7,11,15H,14H2,1-4H3. The topological polar surface area (TPSA) is 72.5 Å². The van der Waals surface area contributed by atoms with Gasteiger partial charge >= 0.3 is 5.97 Å². The third kappa shape index (κ3) is 3.84. The van der Waals surface area contributed by atoms with Crippen LogP contribution in [-0.2, 0) is 4.74 Å². The first-order valence-corrected chi connectivity index (χ1v) is 5.48. The quantitative estimate of drug-likeness (QED) is 0.608. The molecule has 0 heterocycles. The predicted molar refractivity (Wildman–Crippen MR) is 65.5 cm³/mol. The minimum absolute atomic E-state index is 0.368. The maximum absolute atomic E-state index is 11.8. The van der Waals surface area contributed by atoms with E-state index in [1.807, 2.05) is 20.8 Å². The average Bonchev–Trinajstić information content (AvgIpc) is 2.14. The van der Waals surface area contributed by atoms with Crippen LogP contribution in [0, 0.1) is 6.92 Å². The summed E-state index contributed by atoms with van der Waals surface area (Å²) in [5, 5.41) is 9.23. The van der Waals surface area contributed by atoms with Crippen LogP contribution in [0.15, 0.2) is 18.2 Å². The molecule has 3 N–H and O–H groups in total. The highest BCUT2D eigenvalue weighted by molar-refractivity contribution is 5.91. The minimum atomic E-state index is -1.03. The molecule has 0 aliphatic heterocycles. The number of aryl methyl sites for hydroxylation is 1. The Morgan fingerprint density at radius 2 is 2.00 bits per heavy atom. The monoisotopic (exact) mass is 237 g/mol. The highest BCUT2D eigenvalue weighted by atomic mass is 16.6. The molecule has 0 fully saturated rings. The van der Waals surface area contributed by atoms with Crippen molar-refractivity contribution in [2.75, 3.05) is 0 Å². The highest BCUT2D eigenvalue weighted by Crippen LogP contribution is 2.18. The number of ether oxygens (including phenoxy) is 1. The molecule has 1 aromatic rings. The van der Waals surface area contributed by atoms with Crippen molar-refractivity contribution >= 4 is 5.97 Å². The smallest absolute Gasteiger partial charge is 0.338 e. The molecule has 1 atom stereocenters. The van der Waals surface area contributed by atoms with Gasteiger partial charge in [0.1, 0.15) is 11.8 Å². The summed E-state index contributed by atoms with van der Waals surface area (Å²) in [5.74, 6) is -0.368. The molecule has 4 heteroatoms. The number of aliphatic hydroxyl groups is 1. The molecule has 0 saturated heterocycles. The van der Waals surface area contributed by atoms with Crippen molar-refractivity contribution in [3.05, 3.63) is 34.9 Å². The van der Waals surface area contributed by atoms with Gasteiger partial charge in [0.2, 0.25) is 0 Å². The number of carbonyl (C=O) groups excluding carboxylic acids is 1. The average molecular weight is 237 g/mol. The maximum Gasteiger partial charge on any atom is 0.338 e. The lowest BCUT2D eigenvalue weighted by Gasteiger charge is -2.20. The Hall–Kier alpha value is -1.39. The van der Waals surface area contributed by atoms with Gasteiger partial charge in [-0.25, -0.2) is 4.79 Å². The first-order valence-electron chi connectivity index (χ1n) is 5.48. The lowest BCUT2D eigenvalue weighted by molar-refractivity contribution is 0.00686. The van der Waals surface area contributed by atoms with Gasteiger partial charge in [-0.15, -0.1) is 0 Å². The van der Waals surface area contributed by atoms with Crippen LogP contribution in [0.3, 0.4) is 0 Å². The van der Waals surface area contributed by atoms with E-state index in [0.29, 0.717) is 11.1 Å². The van der Waals surface area contributed by atoms with Crippen LogP contribution in [0.1, 0.15) is 48.5 Å². The summed E-state index contributed by atoms with van der Waals surface area (Å²) >= 11 is 0. The molecule has 0 bridgehead atoms. The molecule has 0 aromatic heterocycles. The first-order chi connectivity index (χ1) is 7.70. The highest BCUT2D eigenvalue weighted by Gasteiger charge is 2.19. The Kier molecular flexibility index (Phi) is 3.91. The van der Waals surface area contributed by atoms with Gasteiger partial charge in [-0.05, 0) is 44.9 Å². The molecule has 4 nitrogen and oxygen atoms in total. The second-order valence-corrected chi connectivity index (χ2v) is 5.02. The normalized spacial score (nSPS) is 13.3. The Labute approximate surface area is 101 Å². The molecule has 0 radical (unpaired) electrons. The first kappa shape index (κ1) is 13.7. The van der Waals surface area contributed by atoms with Gasteiger partial charge in [-0.3, -0.25) is 0 Å². The largest absolute Gasteiger partial charge is 0.456 e. The molecule has 1 aromatic carbocycles. The molecule has 1 unspecified atom stereocenters. The molecule has 0 aliphatic rings. The minimum Gasteiger partial charge on any atom is -0.456 e. The fourth-order valence-corrected chi connectivity index (χ4v) is 1.43. The molecular formula is C13H19NO3. The van der Waals surface area contributed by atoms with Crippen molar-refractivity contribution in [1.29, 1.82) is 0 Å². The van der Waals surface area contributed by atoms with E-state index >= 15 is 0 Å². The number of hydrogen-bond donors (Lipinski definition) is 2. The summed E-state index contributed by atoms with van der Waals surface area (Å²) in [5.41, 5.74) is 6.64. The van der Waals surface area contributed by atoms with Crippen LogP contribution in [0.25, 0.3) is 0 Å². The van der Waals surface area contributed by atoms with Gasteiger partial charge in [0.15, 0.2) is 0 Å². The number of aliphatic hydroxyl groups excluding tert-OH is 1. The molecular weight excluding hydrogens is 218 g/mol. The summed E-state index contributed by atoms with van der Waals surface area (Å²) in [4.78, 5) is 11.8. The number of carbonyl (C=O) groups is 1. The fraction of sp³-hybridized carbons (Fsp3) is 0.462. The Morgan fingerprint density at radius 3 is 2.41 bits per heavy atom. The molecule has 94 valence electrons. The zero-order chi connectivity index (χ0) is 13.2. The fourth-order valence-electron chi connectivity index (χ4n) is 1.43. The van der Waals surface area contributed by atoms with Crippen LogP contribution in [0.5, 0.6) is 0 Å². The second-order valence-electron chi connectivity index (χ2n) is 5.02. The van der Waals surface area contributed by atoms with E-state index in [1.165, 1.54) is 0 Å². The molecule has 0 amide bonds. The second kappa shape index (κ2) is 4.85. The van der Waals surface area contributed by atoms with Crippen molar-refractivity contribution in [2.24, 2.45) is 5.73 Å². The number of benzene rings is 1. The summed E-state index contributed by atoms with van der Waals surface area (Å²) in [6, 6.07) is 4.93. The van der Waals surface area contributed by atoms with Gasteiger partial charge in [0, 0.05) is 0 Å². The number of esters is 1. The van der Waals surface area contributed by atoms with E-state index in [4.69, 9.17) is 10.5 Å². The van der Waals surface area contributed by atoms with Crippen molar-refractivity contribution in [3.63, 3.8) is 0 Å². The summed E-state index contributed by atoms with van der Waals surface area (Å²) in [7, 11) is 0. The SMILES string of the molecule is Cc1cc(C(N)O)ccc1C(=O)OC(C)(C)C. The van der Waals surface area contributed by atoms with E-state index < -0.39 is 11.8 Å². The third-order valence-electron chi connectivity index (χ3n) is 2.21. The lowest BCUT2D eigenvalue weighted by atomic mass is 10.0. The van der Waals surface area contributed by atoms with E-state index in [2.05, 4.69) is 0 Å². The number of rotatable bonds is 2. The van der Waals surface area contributed by atoms with Gasteiger partial charge in [-0.1, -0.05) is 12.1 Å². The van der Waals surface area contributed by atoms with E-state index in [0.717, 1.165) is 5.56 Å². The molecule has 0 aliphatic carbocycles. The van der Waals surface area contributed by atoms with Crippen LogP contribution in [0.4, 0.5) is 0 Å². The Morgan fingerprint density at radius 1 is 1.41 bits per heavy atom. The zero-order valence-corrected chi connectivity index (χ0v) is 10.7. The van der Waals surface area contributed by atoms with E-state index in [9.17, 15) is 9.90 Å². The van der Waals surface area contributed by atoms with Gasteiger partial charge in [0.05, 0.1) is 5.56 Å². The zero-order valence-electron chi connectivity index (χ0n) is 10.7. The van der Waals surface area contributed by atoms with Crippen molar-refractivity contribution in [2.45, 2.75) is 39.5 Å². The van der Waals surface area contributed by atoms with Gasteiger partial charge < -0.3 is 15.6 Å². The summed E-state index contributed by atoms with van der Waals surface area (Å²) < 4.78 is 5.27. The Bertz CT molecular complexity index is 419. The van der Waals surface area contributed by atoms with Crippen molar-refractivity contribution < 1.29 is 14.6 Å². The van der Waals surface area contributed by atoms with E-state index in [-0.39, 0.29) is 5.97 Å².